The Balaban J connectivity index is 2.97. The van der Waals surface area contributed by atoms with Crippen LogP contribution in [0.1, 0.15) is 149 Å². The summed E-state index contributed by atoms with van der Waals surface area (Å²) in [4.78, 5) is 0. The SMILES string of the molecule is CCC=CCCCCCCCCCCCCCCCCCCCCC. The van der Waals surface area contributed by atoms with Crippen molar-refractivity contribution in [2.75, 3.05) is 0 Å². The topological polar surface area (TPSA) is 0 Å². The summed E-state index contributed by atoms with van der Waals surface area (Å²) in [5.74, 6) is 0. The maximum absolute atomic E-state index is 2.35. The van der Waals surface area contributed by atoms with Crippen LogP contribution in [0.2, 0.25) is 0 Å². The monoisotopic (exact) mass is 350 g/mol. The predicted octanol–water partition coefficient (Wildman–Crippen LogP) is 9.77. The summed E-state index contributed by atoms with van der Waals surface area (Å²) in [6, 6.07) is 0. The molecule has 0 unspecified atom stereocenters. The van der Waals surface area contributed by atoms with E-state index in [1.54, 1.807) is 0 Å². The third kappa shape index (κ3) is 23.7. The number of hydrogen-bond acceptors (Lipinski definition) is 0. The van der Waals surface area contributed by atoms with Gasteiger partial charge in [0, 0.05) is 0 Å². The van der Waals surface area contributed by atoms with Crippen molar-refractivity contribution in [2.24, 2.45) is 0 Å². The first kappa shape index (κ1) is 24.7. The Labute approximate surface area is 161 Å². The maximum Gasteiger partial charge on any atom is -0.0351 e. The molecular formula is C25H50. The Morgan fingerprint density at radius 1 is 0.360 bits per heavy atom. The first-order valence-electron chi connectivity index (χ1n) is 12.1. The highest BCUT2D eigenvalue weighted by molar-refractivity contribution is 4.79. The second kappa shape index (κ2) is 23.7. The zero-order chi connectivity index (χ0) is 18.3. The minimum atomic E-state index is 1.19. The second-order valence-electron chi connectivity index (χ2n) is 8.03. The molecule has 0 saturated heterocycles. The molecule has 0 aliphatic heterocycles. The first-order chi connectivity index (χ1) is 12.4. The average molecular weight is 351 g/mol. The zero-order valence-corrected chi connectivity index (χ0v) is 18.0. The summed E-state index contributed by atoms with van der Waals surface area (Å²) in [6.07, 6.45) is 35.0. The molecule has 0 aromatic rings. The van der Waals surface area contributed by atoms with Crippen molar-refractivity contribution < 1.29 is 0 Å². The summed E-state index contributed by atoms with van der Waals surface area (Å²) >= 11 is 0. The van der Waals surface area contributed by atoms with Gasteiger partial charge in [-0.2, -0.15) is 0 Å². The van der Waals surface area contributed by atoms with Crippen LogP contribution >= 0.6 is 0 Å². The van der Waals surface area contributed by atoms with Crippen LogP contribution in [0.15, 0.2) is 12.2 Å². The van der Waals surface area contributed by atoms with Crippen molar-refractivity contribution >= 4 is 0 Å². The summed E-state index contributed by atoms with van der Waals surface area (Å²) in [7, 11) is 0. The highest BCUT2D eigenvalue weighted by Gasteiger charge is 1.95. The van der Waals surface area contributed by atoms with Gasteiger partial charge in [-0.15, -0.1) is 0 Å². The van der Waals surface area contributed by atoms with Crippen molar-refractivity contribution in [2.45, 2.75) is 149 Å². The van der Waals surface area contributed by atoms with Gasteiger partial charge in [-0.05, 0) is 19.3 Å². The van der Waals surface area contributed by atoms with Crippen molar-refractivity contribution in [1.29, 1.82) is 0 Å². The van der Waals surface area contributed by atoms with E-state index in [2.05, 4.69) is 26.0 Å². The molecule has 0 saturated carbocycles. The molecule has 0 aliphatic carbocycles. The molecule has 0 bridgehead atoms. The van der Waals surface area contributed by atoms with E-state index in [4.69, 9.17) is 0 Å². The lowest BCUT2D eigenvalue weighted by Crippen LogP contribution is -1.84. The Bertz CT molecular complexity index is 240. The number of hydrogen-bond donors (Lipinski definition) is 0. The molecule has 0 amide bonds. The molecule has 0 aliphatic rings. The molecule has 25 heavy (non-hydrogen) atoms. The molecule has 150 valence electrons. The zero-order valence-electron chi connectivity index (χ0n) is 18.0. The molecule has 0 aromatic heterocycles. The van der Waals surface area contributed by atoms with Crippen LogP contribution in [0.3, 0.4) is 0 Å². The highest BCUT2D eigenvalue weighted by atomic mass is 14.0. The fourth-order valence-electron chi connectivity index (χ4n) is 3.63. The minimum absolute atomic E-state index is 1.19. The molecule has 0 atom stereocenters. The van der Waals surface area contributed by atoms with Crippen molar-refractivity contribution in [3.05, 3.63) is 12.2 Å². The summed E-state index contributed by atoms with van der Waals surface area (Å²) in [5, 5.41) is 0. The van der Waals surface area contributed by atoms with Gasteiger partial charge in [0.05, 0.1) is 0 Å². The van der Waals surface area contributed by atoms with Gasteiger partial charge in [0.15, 0.2) is 0 Å². The van der Waals surface area contributed by atoms with Crippen LogP contribution in [0.4, 0.5) is 0 Å². The van der Waals surface area contributed by atoms with Crippen LogP contribution in [-0.2, 0) is 0 Å². The number of rotatable bonds is 21. The lowest BCUT2D eigenvalue weighted by Gasteiger charge is -2.03. The molecule has 0 fully saturated rings. The van der Waals surface area contributed by atoms with Gasteiger partial charge in [0.1, 0.15) is 0 Å². The van der Waals surface area contributed by atoms with Crippen LogP contribution in [0, 0.1) is 0 Å². The van der Waals surface area contributed by atoms with Gasteiger partial charge in [-0.3, -0.25) is 0 Å². The first-order valence-corrected chi connectivity index (χ1v) is 12.1. The van der Waals surface area contributed by atoms with Gasteiger partial charge in [-0.1, -0.05) is 142 Å². The molecule has 0 spiro atoms. The van der Waals surface area contributed by atoms with Crippen molar-refractivity contribution in [1.82, 2.24) is 0 Å². The van der Waals surface area contributed by atoms with Crippen molar-refractivity contribution in [3.8, 4) is 0 Å². The predicted molar refractivity (Wildman–Crippen MR) is 117 cm³/mol. The summed E-state index contributed by atoms with van der Waals surface area (Å²) in [6.45, 7) is 4.52. The fraction of sp³-hybridized carbons (Fsp3) is 0.920. The normalized spacial score (nSPS) is 11.6. The van der Waals surface area contributed by atoms with Crippen LogP contribution < -0.4 is 0 Å². The Morgan fingerprint density at radius 2 is 0.680 bits per heavy atom. The molecule has 0 radical (unpaired) electrons. The maximum atomic E-state index is 2.35. The van der Waals surface area contributed by atoms with E-state index in [0.717, 1.165) is 0 Å². The second-order valence-corrected chi connectivity index (χ2v) is 8.03. The smallest absolute Gasteiger partial charge is 0.0351 e. The molecule has 0 rings (SSSR count). The number of allylic oxidation sites excluding steroid dienone is 2. The Morgan fingerprint density at radius 3 is 1.00 bits per heavy atom. The minimum Gasteiger partial charge on any atom is -0.0888 e. The van der Waals surface area contributed by atoms with Gasteiger partial charge in [0.25, 0.3) is 0 Å². The van der Waals surface area contributed by atoms with E-state index in [1.165, 1.54) is 135 Å². The quantitative estimate of drug-likeness (QED) is 0.143. The third-order valence-corrected chi connectivity index (χ3v) is 5.38. The van der Waals surface area contributed by atoms with Crippen LogP contribution in [0.25, 0.3) is 0 Å². The van der Waals surface area contributed by atoms with E-state index in [9.17, 15) is 0 Å². The summed E-state index contributed by atoms with van der Waals surface area (Å²) in [5.41, 5.74) is 0. The van der Waals surface area contributed by atoms with E-state index in [1.807, 2.05) is 0 Å². The summed E-state index contributed by atoms with van der Waals surface area (Å²) < 4.78 is 0. The van der Waals surface area contributed by atoms with Crippen LogP contribution in [-0.4, -0.2) is 0 Å². The molecule has 0 heterocycles. The standard InChI is InChI=1S/C25H50/c1-3-5-7-9-11-13-15-17-19-21-23-25-24-22-20-18-16-14-12-10-8-6-4-2/h5,7H,3-4,6,8-25H2,1-2H3. The van der Waals surface area contributed by atoms with E-state index in [0.29, 0.717) is 0 Å². The molecule has 0 N–H and O–H groups in total. The van der Waals surface area contributed by atoms with Gasteiger partial charge >= 0.3 is 0 Å². The molecule has 0 aromatic carbocycles. The highest BCUT2D eigenvalue weighted by Crippen LogP contribution is 2.14. The Kier molecular flexibility index (Phi) is 23.5. The lowest BCUT2D eigenvalue weighted by molar-refractivity contribution is 0.523. The molecule has 0 heteroatoms. The van der Waals surface area contributed by atoms with E-state index >= 15 is 0 Å². The molecular weight excluding hydrogens is 300 g/mol. The number of unbranched alkanes of at least 4 members (excludes halogenated alkanes) is 19. The van der Waals surface area contributed by atoms with Crippen LogP contribution in [0.5, 0.6) is 0 Å². The van der Waals surface area contributed by atoms with E-state index < -0.39 is 0 Å². The van der Waals surface area contributed by atoms with E-state index in [-0.39, 0.29) is 0 Å². The average Bonchev–Trinajstić information content (AvgIpc) is 2.63. The largest absolute Gasteiger partial charge is 0.0888 e. The lowest BCUT2D eigenvalue weighted by atomic mass is 10.0. The van der Waals surface area contributed by atoms with Gasteiger partial charge in [0.2, 0.25) is 0 Å². The van der Waals surface area contributed by atoms with Gasteiger partial charge in [-0.25, -0.2) is 0 Å². The third-order valence-electron chi connectivity index (χ3n) is 5.38. The molecule has 0 nitrogen and oxygen atoms in total. The van der Waals surface area contributed by atoms with Gasteiger partial charge < -0.3 is 0 Å². The van der Waals surface area contributed by atoms with Crippen molar-refractivity contribution in [3.63, 3.8) is 0 Å². The Hall–Kier alpha value is -0.260. The fourth-order valence-corrected chi connectivity index (χ4v) is 3.63.